The Labute approximate surface area is 69.2 Å². The van der Waals surface area contributed by atoms with Crippen molar-refractivity contribution in [2.24, 2.45) is 5.73 Å². The van der Waals surface area contributed by atoms with Gasteiger partial charge in [0.25, 0.3) is 0 Å². The standard InChI is InChI=1S/C6H13NO5/c7-5(3(10)1-8)6(12)4(11)2-9/h2-6,8,10-12H,1,7H2/t3-,4+,5-,6+/m1/s1. The molecule has 6 N–H and O–H groups in total. The highest BCUT2D eigenvalue weighted by atomic mass is 16.3. The number of carbonyl (C=O) groups excluding carboxylic acids is 1. The van der Waals surface area contributed by atoms with Crippen LogP contribution in [0.1, 0.15) is 0 Å². The number of hydrogen-bond acceptors (Lipinski definition) is 6. The smallest absolute Gasteiger partial charge is 0.151 e. The molecule has 0 aliphatic heterocycles. The average Bonchev–Trinajstić information content (AvgIpc) is 2.12. The predicted molar refractivity (Wildman–Crippen MR) is 39.1 cm³/mol. The summed E-state index contributed by atoms with van der Waals surface area (Å²) in [6, 6.07) is -1.24. The highest BCUT2D eigenvalue weighted by molar-refractivity contribution is 5.56. The second-order valence-corrected chi connectivity index (χ2v) is 2.44. The lowest BCUT2D eigenvalue weighted by atomic mass is 10.0. The molecule has 0 rings (SSSR count). The lowest BCUT2D eigenvalue weighted by Gasteiger charge is -2.23. The highest BCUT2D eigenvalue weighted by Gasteiger charge is 2.27. The Kier molecular flexibility index (Phi) is 4.95. The molecule has 0 aromatic rings. The summed E-state index contributed by atoms with van der Waals surface area (Å²) < 4.78 is 0. The van der Waals surface area contributed by atoms with Crippen LogP contribution in [0.15, 0.2) is 0 Å². The van der Waals surface area contributed by atoms with Crippen LogP contribution in [0.25, 0.3) is 0 Å². The van der Waals surface area contributed by atoms with Crippen LogP contribution < -0.4 is 5.73 Å². The van der Waals surface area contributed by atoms with Gasteiger partial charge in [-0.05, 0) is 0 Å². The second-order valence-electron chi connectivity index (χ2n) is 2.44. The predicted octanol–water partition coefficient (Wildman–Crippen LogP) is -3.41. The number of rotatable bonds is 5. The van der Waals surface area contributed by atoms with Crippen LogP contribution in [0.5, 0.6) is 0 Å². The quantitative estimate of drug-likeness (QED) is 0.280. The maximum absolute atomic E-state index is 9.95. The van der Waals surface area contributed by atoms with Gasteiger partial charge < -0.3 is 31.0 Å². The van der Waals surface area contributed by atoms with E-state index >= 15 is 0 Å². The number of nitrogens with two attached hydrogens (primary N) is 1. The maximum Gasteiger partial charge on any atom is 0.151 e. The first-order chi connectivity index (χ1) is 5.54. The van der Waals surface area contributed by atoms with Gasteiger partial charge in [-0.15, -0.1) is 0 Å². The van der Waals surface area contributed by atoms with Crippen molar-refractivity contribution in [3.63, 3.8) is 0 Å². The third-order valence-electron chi connectivity index (χ3n) is 1.52. The van der Waals surface area contributed by atoms with Gasteiger partial charge in [0.1, 0.15) is 12.2 Å². The molecule has 72 valence electrons. The summed E-state index contributed by atoms with van der Waals surface area (Å²) in [5, 5.41) is 35.0. The number of aliphatic hydroxyl groups is 4. The average molecular weight is 179 g/mol. The minimum Gasteiger partial charge on any atom is -0.394 e. The number of hydrogen-bond donors (Lipinski definition) is 5. The first kappa shape index (κ1) is 11.5. The monoisotopic (exact) mass is 179 g/mol. The van der Waals surface area contributed by atoms with Crippen molar-refractivity contribution in [1.82, 2.24) is 0 Å². The SMILES string of the molecule is N[C@@H]([C@@H](O)[C@@H](O)C=O)[C@H](O)CO. The molecular weight excluding hydrogens is 166 g/mol. The molecule has 0 amide bonds. The summed E-state index contributed by atoms with van der Waals surface area (Å²) in [4.78, 5) is 9.95. The van der Waals surface area contributed by atoms with Crippen molar-refractivity contribution in [2.75, 3.05) is 6.61 Å². The van der Waals surface area contributed by atoms with Crippen molar-refractivity contribution >= 4 is 6.29 Å². The van der Waals surface area contributed by atoms with Gasteiger partial charge in [-0.25, -0.2) is 0 Å². The number of aliphatic hydroxyl groups excluding tert-OH is 4. The number of carbonyl (C=O) groups is 1. The van der Waals surface area contributed by atoms with Gasteiger partial charge in [-0.3, -0.25) is 0 Å². The van der Waals surface area contributed by atoms with Gasteiger partial charge in [-0.1, -0.05) is 0 Å². The molecular formula is C6H13NO5. The topological polar surface area (TPSA) is 124 Å². The van der Waals surface area contributed by atoms with Crippen LogP contribution in [0, 0.1) is 0 Å². The van der Waals surface area contributed by atoms with Crippen molar-refractivity contribution in [3.8, 4) is 0 Å². The van der Waals surface area contributed by atoms with E-state index in [-0.39, 0.29) is 6.29 Å². The van der Waals surface area contributed by atoms with E-state index in [4.69, 9.17) is 26.2 Å². The molecule has 4 atom stereocenters. The molecule has 0 aromatic carbocycles. The fourth-order valence-electron chi connectivity index (χ4n) is 0.658. The molecule has 6 heteroatoms. The van der Waals surface area contributed by atoms with E-state index in [0.717, 1.165) is 0 Å². The number of aldehydes is 1. The zero-order chi connectivity index (χ0) is 9.72. The molecule has 12 heavy (non-hydrogen) atoms. The van der Waals surface area contributed by atoms with Gasteiger partial charge in [0.15, 0.2) is 6.29 Å². The maximum atomic E-state index is 9.95. The van der Waals surface area contributed by atoms with Gasteiger partial charge in [0, 0.05) is 0 Å². The van der Waals surface area contributed by atoms with E-state index in [9.17, 15) is 4.79 Å². The molecule has 0 aromatic heterocycles. The fourth-order valence-corrected chi connectivity index (χ4v) is 0.658. The Morgan fingerprint density at radius 3 is 2.17 bits per heavy atom. The Hall–Kier alpha value is -0.530. The van der Waals surface area contributed by atoms with E-state index in [1.165, 1.54) is 0 Å². The van der Waals surface area contributed by atoms with Gasteiger partial charge in [0.2, 0.25) is 0 Å². The molecule has 0 bridgehead atoms. The lowest BCUT2D eigenvalue weighted by molar-refractivity contribution is -0.122. The van der Waals surface area contributed by atoms with Crippen molar-refractivity contribution in [1.29, 1.82) is 0 Å². The van der Waals surface area contributed by atoms with Gasteiger partial charge >= 0.3 is 0 Å². The minimum atomic E-state index is -1.64. The third-order valence-corrected chi connectivity index (χ3v) is 1.52. The Bertz CT molecular complexity index is 142. The van der Waals surface area contributed by atoms with Crippen molar-refractivity contribution < 1.29 is 25.2 Å². The van der Waals surface area contributed by atoms with E-state index in [1.807, 2.05) is 0 Å². The summed E-state index contributed by atoms with van der Waals surface area (Å²) in [6.45, 7) is -0.635. The van der Waals surface area contributed by atoms with Crippen LogP contribution in [0.2, 0.25) is 0 Å². The van der Waals surface area contributed by atoms with Gasteiger partial charge in [0.05, 0.1) is 18.8 Å². The van der Waals surface area contributed by atoms with E-state index in [1.54, 1.807) is 0 Å². The summed E-state index contributed by atoms with van der Waals surface area (Å²) in [7, 11) is 0. The Balaban J connectivity index is 4.07. The lowest BCUT2D eigenvalue weighted by Crippen LogP contribution is -2.51. The summed E-state index contributed by atoms with van der Waals surface area (Å²) in [5.74, 6) is 0. The Morgan fingerprint density at radius 1 is 1.33 bits per heavy atom. The molecule has 0 saturated heterocycles. The zero-order valence-electron chi connectivity index (χ0n) is 6.37. The molecule has 6 nitrogen and oxygen atoms in total. The molecule has 0 aliphatic carbocycles. The molecule has 0 radical (unpaired) electrons. The molecule has 0 spiro atoms. The van der Waals surface area contributed by atoms with E-state index in [2.05, 4.69) is 0 Å². The Morgan fingerprint density at radius 2 is 1.83 bits per heavy atom. The fraction of sp³-hybridized carbons (Fsp3) is 0.833. The second kappa shape index (κ2) is 5.18. The summed E-state index contributed by atoms with van der Waals surface area (Å²) in [5.41, 5.74) is 5.17. The van der Waals surface area contributed by atoms with Crippen LogP contribution in [-0.2, 0) is 4.79 Å². The summed E-state index contributed by atoms with van der Waals surface area (Å²) >= 11 is 0. The zero-order valence-corrected chi connectivity index (χ0v) is 6.37. The minimum absolute atomic E-state index is 0.106. The molecule has 0 heterocycles. The van der Waals surface area contributed by atoms with E-state index in [0.29, 0.717) is 0 Å². The van der Waals surface area contributed by atoms with Crippen molar-refractivity contribution in [3.05, 3.63) is 0 Å². The van der Waals surface area contributed by atoms with Crippen LogP contribution in [0.3, 0.4) is 0 Å². The first-order valence-electron chi connectivity index (χ1n) is 3.40. The molecule has 0 fully saturated rings. The summed E-state index contributed by atoms with van der Waals surface area (Å²) in [6.07, 6.45) is -4.45. The normalized spacial score (nSPS) is 21.1. The molecule has 0 saturated carbocycles. The first-order valence-corrected chi connectivity index (χ1v) is 3.40. The highest BCUT2D eigenvalue weighted by Crippen LogP contribution is 2.00. The molecule has 0 unspecified atom stereocenters. The van der Waals surface area contributed by atoms with E-state index < -0.39 is 31.0 Å². The largest absolute Gasteiger partial charge is 0.394 e. The van der Waals surface area contributed by atoms with Crippen molar-refractivity contribution in [2.45, 2.75) is 24.4 Å². The van der Waals surface area contributed by atoms with Crippen LogP contribution in [-0.4, -0.2) is 57.7 Å². The van der Waals surface area contributed by atoms with Crippen LogP contribution >= 0.6 is 0 Å². The van der Waals surface area contributed by atoms with Crippen LogP contribution in [0.4, 0.5) is 0 Å². The third kappa shape index (κ3) is 2.84. The van der Waals surface area contributed by atoms with Gasteiger partial charge in [-0.2, -0.15) is 0 Å². The molecule has 0 aliphatic rings.